The van der Waals surface area contributed by atoms with Crippen LogP contribution in [0.3, 0.4) is 0 Å². The van der Waals surface area contributed by atoms with Crippen molar-refractivity contribution in [1.29, 1.82) is 0 Å². The molecule has 3 saturated carbocycles. The van der Waals surface area contributed by atoms with E-state index in [1.807, 2.05) is 4.90 Å². The highest BCUT2D eigenvalue weighted by atomic mass is 16.3. The number of benzene rings is 1. The minimum atomic E-state index is 0.0227. The molecule has 2 amide bonds. The summed E-state index contributed by atoms with van der Waals surface area (Å²) in [6.07, 6.45) is 6.13. The van der Waals surface area contributed by atoms with Crippen LogP contribution in [0.5, 0.6) is 0 Å². The van der Waals surface area contributed by atoms with Gasteiger partial charge in [-0.05, 0) is 66.9 Å². The molecule has 3 fully saturated rings. The van der Waals surface area contributed by atoms with Crippen LogP contribution in [0.1, 0.15) is 42.9 Å². The molecule has 1 aromatic carbocycles. The molecule has 4 aliphatic carbocycles. The predicted molar refractivity (Wildman–Crippen MR) is 91.4 cm³/mol. The molecule has 4 aliphatic rings. The van der Waals surface area contributed by atoms with Crippen molar-refractivity contribution < 1.29 is 9.90 Å². The molecule has 5 rings (SSSR count). The summed E-state index contributed by atoms with van der Waals surface area (Å²) in [5.41, 5.74) is 2.61. The SMILES string of the molecule is O=C(NC1C2C3CCC(C3)C12)N(CCO)C1CCc2ccccc21. The Labute approximate surface area is 143 Å². The number of carbonyl (C=O) groups is 1. The number of urea groups is 1. The Kier molecular flexibility index (Phi) is 3.37. The van der Waals surface area contributed by atoms with Gasteiger partial charge in [0.15, 0.2) is 0 Å². The topological polar surface area (TPSA) is 52.6 Å². The van der Waals surface area contributed by atoms with E-state index in [1.165, 1.54) is 30.4 Å². The van der Waals surface area contributed by atoms with E-state index in [4.69, 9.17) is 0 Å². The van der Waals surface area contributed by atoms with Crippen LogP contribution in [0.4, 0.5) is 4.79 Å². The number of aliphatic hydroxyl groups excluding tert-OH is 1. The van der Waals surface area contributed by atoms with Crippen LogP contribution in [-0.2, 0) is 6.42 Å². The van der Waals surface area contributed by atoms with E-state index in [0.717, 1.165) is 36.5 Å². The van der Waals surface area contributed by atoms with E-state index >= 15 is 0 Å². The Morgan fingerprint density at radius 2 is 1.92 bits per heavy atom. The van der Waals surface area contributed by atoms with Crippen molar-refractivity contribution in [3.05, 3.63) is 35.4 Å². The maximum atomic E-state index is 12.9. The molecular formula is C20H26N2O2. The fourth-order valence-electron chi connectivity index (χ4n) is 6.11. The Morgan fingerprint density at radius 1 is 1.17 bits per heavy atom. The first-order valence-electron chi connectivity index (χ1n) is 9.53. The average molecular weight is 326 g/mol. The second-order valence-electron chi connectivity index (χ2n) is 8.13. The fourth-order valence-corrected chi connectivity index (χ4v) is 6.11. The number of hydrogen-bond acceptors (Lipinski definition) is 2. The Bertz CT molecular complexity index is 645. The highest BCUT2D eigenvalue weighted by Gasteiger charge is 2.65. The number of amides is 2. The summed E-state index contributed by atoms with van der Waals surface area (Å²) >= 11 is 0. The molecule has 0 aromatic heterocycles. The molecule has 1 aromatic rings. The van der Waals surface area contributed by atoms with E-state index in [-0.39, 0.29) is 18.7 Å². The van der Waals surface area contributed by atoms with Gasteiger partial charge in [-0.2, -0.15) is 0 Å². The van der Waals surface area contributed by atoms with E-state index in [2.05, 4.69) is 29.6 Å². The zero-order valence-corrected chi connectivity index (χ0v) is 14.0. The molecule has 2 bridgehead atoms. The van der Waals surface area contributed by atoms with E-state index in [0.29, 0.717) is 12.6 Å². The molecular weight excluding hydrogens is 300 g/mol. The molecule has 5 atom stereocenters. The molecule has 128 valence electrons. The minimum absolute atomic E-state index is 0.0227. The van der Waals surface area contributed by atoms with Crippen molar-refractivity contribution in [2.45, 2.75) is 44.2 Å². The number of carbonyl (C=O) groups excluding carboxylic acids is 1. The van der Waals surface area contributed by atoms with Crippen LogP contribution >= 0.6 is 0 Å². The van der Waals surface area contributed by atoms with Crippen molar-refractivity contribution in [2.75, 3.05) is 13.2 Å². The van der Waals surface area contributed by atoms with E-state index in [1.54, 1.807) is 0 Å². The Hall–Kier alpha value is -1.55. The summed E-state index contributed by atoms with van der Waals surface area (Å²) in [7, 11) is 0. The Balaban J connectivity index is 1.31. The van der Waals surface area contributed by atoms with Gasteiger partial charge in [0.25, 0.3) is 0 Å². The molecule has 4 nitrogen and oxygen atoms in total. The molecule has 24 heavy (non-hydrogen) atoms. The van der Waals surface area contributed by atoms with Gasteiger partial charge in [-0.25, -0.2) is 4.79 Å². The maximum absolute atomic E-state index is 12.9. The Morgan fingerprint density at radius 3 is 2.67 bits per heavy atom. The second-order valence-corrected chi connectivity index (χ2v) is 8.13. The average Bonchev–Trinajstić information content (AvgIpc) is 3.00. The van der Waals surface area contributed by atoms with Crippen LogP contribution in [0.2, 0.25) is 0 Å². The van der Waals surface area contributed by atoms with Gasteiger partial charge in [-0.3, -0.25) is 0 Å². The first-order valence-corrected chi connectivity index (χ1v) is 9.53. The fraction of sp³-hybridized carbons (Fsp3) is 0.650. The minimum Gasteiger partial charge on any atom is -0.395 e. The molecule has 5 unspecified atom stereocenters. The molecule has 4 heteroatoms. The van der Waals surface area contributed by atoms with Gasteiger partial charge >= 0.3 is 6.03 Å². The molecule has 0 aliphatic heterocycles. The van der Waals surface area contributed by atoms with Gasteiger partial charge in [-0.15, -0.1) is 0 Å². The van der Waals surface area contributed by atoms with Crippen LogP contribution in [-0.4, -0.2) is 35.2 Å². The predicted octanol–water partition coefficient (Wildman–Crippen LogP) is 2.72. The lowest BCUT2D eigenvalue weighted by Crippen LogP contribution is -2.45. The van der Waals surface area contributed by atoms with Crippen LogP contribution in [0.25, 0.3) is 0 Å². The number of nitrogens with one attached hydrogen (secondary N) is 1. The maximum Gasteiger partial charge on any atom is 0.318 e. The molecule has 0 radical (unpaired) electrons. The summed E-state index contributed by atoms with van der Waals surface area (Å²) in [5.74, 6) is 3.23. The summed E-state index contributed by atoms with van der Waals surface area (Å²) in [6.45, 7) is 0.439. The summed E-state index contributed by atoms with van der Waals surface area (Å²) in [6, 6.07) is 8.97. The monoisotopic (exact) mass is 326 g/mol. The molecule has 0 spiro atoms. The van der Waals surface area contributed by atoms with Crippen molar-refractivity contribution in [2.24, 2.45) is 23.7 Å². The lowest BCUT2D eigenvalue weighted by molar-refractivity contribution is 0.150. The van der Waals surface area contributed by atoms with Crippen molar-refractivity contribution >= 4 is 6.03 Å². The molecule has 0 saturated heterocycles. The second kappa shape index (κ2) is 5.48. The standard InChI is InChI=1S/C20H26N2O2/c23-10-9-22(16-8-7-12-3-1-2-4-15(12)16)20(24)21-19-17-13-5-6-14(11-13)18(17)19/h1-4,13-14,16-19,23H,5-11H2,(H,21,24). The largest absolute Gasteiger partial charge is 0.395 e. The van der Waals surface area contributed by atoms with Crippen molar-refractivity contribution in [3.8, 4) is 0 Å². The van der Waals surface area contributed by atoms with Gasteiger partial charge in [0.05, 0.1) is 12.6 Å². The van der Waals surface area contributed by atoms with E-state index in [9.17, 15) is 9.90 Å². The third-order valence-electron chi connectivity index (χ3n) is 7.10. The molecule has 0 heterocycles. The number of fused-ring (bicyclic) bond motifs is 6. The summed E-state index contributed by atoms with van der Waals surface area (Å²) in [5, 5.41) is 12.8. The number of aryl methyl sites for hydroxylation is 1. The quantitative estimate of drug-likeness (QED) is 0.894. The highest BCUT2D eigenvalue weighted by molar-refractivity contribution is 5.76. The van der Waals surface area contributed by atoms with Gasteiger partial charge in [0.1, 0.15) is 0 Å². The number of hydrogen-bond donors (Lipinski definition) is 2. The summed E-state index contributed by atoms with van der Waals surface area (Å²) < 4.78 is 0. The van der Waals surface area contributed by atoms with Gasteiger partial charge < -0.3 is 15.3 Å². The number of aliphatic hydroxyl groups is 1. The number of rotatable bonds is 4. The first kappa shape index (κ1) is 14.8. The first-order chi connectivity index (χ1) is 11.8. The lowest BCUT2D eigenvalue weighted by atomic mass is 10.0. The van der Waals surface area contributed by atoms with Crippen molar-refractivity contribution in [3.63, 3.8) is 0 Å². The third-order valence-corrected chi connectivity index (χ3v) is 7.10. The van der Waals surface area contributed by atoms with Gasteiger partial charge in [0, 0.05) is 12.6 Å². The zero-order chi connectivity index (χ0) is 16.3. The zero-order valence-electron chi connectivity index (χ0n) is 14.0. The van der Waals surface area contributed by atoms with Crippen LogP contribution in [0.15, 0.2) is 24.3 Å². The van der Waals surface area contributed by atoms with Crippen LogP contribution < -0.4 is 5.32 Å². The van der Waals surface area contributed by atoms with Crippen molar-refractivity contribution in [1.82, 2.24) is 10.2 Å². The summed E-state index contributed by atoms with van der Waals surface area (Å²) in [4.78, 5) is 14.8. The number of nitrogens with zero attached hydrogens (tertiary/aromatic N) is 1. The van der Waals surface area contributed by atoms with Crippen LogP contribution in [0, 0.1) is 23.7 Å². The van der Waals surface area contributed by atoms with Gasteiger partial charge in [-0.1, -0.05) is 24.3 Å². The van der Waals surface area contributed by atoms with E-state index < -0.39 is 0 Å². The third kappa shape index (κ3) is 2.12. The molecule has 2 N–H and O–H groups in total. The highest BCUT2D eigenvalue weighted by Crippen LogP contribution is 2.65. The normalized spacial score (nSPS) is 37.9. The smallest absolute Gasteiger partial charge is 0.318 e. The lowest BCUT2D eigenvalue weighted by Gasteiger charge is -2.30. The van der Waals surface area contributed by atoms with Gasteiger partial charge in [0.2, 0.25) is 0 Å².